The lowest BCUT2D eigenvalue weighted by molar-refractivity contribution is -0.137. The average molecular weight is 510 g/mol. The Morgan fingerprint density at radius 3 is 2.21 bits per heavy atom. The first-order valence-corrected chi connectivity index (χ1v) is 11.1. The van der Waals surface area contributed by atoms with Gasteiger partial charge >= 0.3 is 6.18 Å². The molecule has 0 radical (unpaired) electrons. The normalized spacial score (nSPS) is 15.6. The minimum atomic E-state index is -4.54. The third kappa shape index (κ3) is 4.42. The molecule has 0 aliphatic carbocycles. The maximum Gasteiger partial charge on any atom is 0.416 e. The summed E-state index contributed by atoms with van der Waals surface area (Å²) in [6.07, 6.45) is -4.08. The minimum Gasteiger partial charge on any atom is -0.493 e. The fraction of sp³-hybridized carbons (Fsp3) is 0.240. The number of alkyl halides is 3. The molecule has 1 heterocycles. The summed E-state index contributed by atoms with van der Waals surface area (Å²) in [5.74, 6) is 0.430. The molecule has 1 unspecified atom stereocenters. The van der Waals surface area contributed by atoms with Crippen molar-refractivity contribution < 1.29 is 27.4 Å². The molecular formula is C25H20Cl2F3NO3. The zero-order valence-corrected chi connectivity index (χ0v) is 19.8. The van der Waals surface area contributed by atoms with Crippen LogP contribution in [0, 0.1) is 0 Å². The fourth-order valence-corrected chi connectivity index (χ4v) is 4.81. The molecule has 0 fully saturated rings. The second kappa shape index (κ2) is 9.39. The van der Waals surface area contributed by atoms with Crippen LogP contribution in [0.15, 0.2) is 54.6 Å². The van der Waals surface area contributed by atoms with E-state index in [9.17, 15) is 18.0 Å². The summed E-state index contributed by atoms with van der Waals surface area (Å²) in [4.78, 5) is 15.2. The van der Waals surface area contributed by atoms with E-state index in [0.29, 0.717) is 29.0 Å². The number of halogens is 5. The van der Waals surface area contributed by atoms with Gasteiger partial charge in [-0.3, -0.25) is 4.79 Å². The molecule has 4 nitrogen and oxygen atoms in total. The molecule has 0 N–H and O–H groups in total. The van der Waals surface area contributed by atoms with Gasteiger partial charge in [-0.05, 0) is 59.5 Å². The number of carbonyl (C=O) groups is 1. The van der Waals surface area contributed by atoms with Gasteiger partial charge in [0, 0.05) is 6.54 Å². The molecule has 0 bridgehead atoms. The van der Waals surface area contributed by atoms with Gasteiger partial charge in [0.1, 0.15) is 0 Å². The monoisotopic (exact) mass is 509 g/mol. The zero-order valence-electron chi connectivity index (χ0n) is 18.2. The van der Waals surface area contributed by atoms with Crippen molar-refractivity contribution in [2.45, 2.75) is 18.6 Å². The van der Waals surface area contributed by atoms with Gasteiger partial charge in [-0.15, -0.1) is 0 Å². The molecule has 3 aromatic rings. The summed E-state index contributed by atoms with van der Waals surface area (Å²) < 4.78 is 51.4. The Bertz CT molecular complexity index is 1230. The van der Waals surface area contributed by atoms with Crippen LogP contribution in [-0.4, -0.2) is 31.6 Å². The van der Waals surface area contributed by atoms with Crippen molar-refractivity contribution in [1.29, 1.82) is 0 Å². The van der Waals surface area contributed by atoms with Crippen molar-refractivity contribution in [2.75, 3.05) is 20.8 Å². The standard InChI is InChI=1S/C25H20Cl2F3NO3/c1-33-20-12-14-9-10-31(24(32)22-18(26)7-4-8-19(22)27)23(17(14)13-21(20)34-2)15-5-3-6-16(11-15)25(28,29)30/h3-8,11-13,23H,9-10H2,1-2H3. The van der Waals surface area contributed by atoms with E-state index in [-0.39, 0.29) is 22.2 Å². The Morgan fingerprint density at radius 1 is 0.971 bits per heavy atom. The molecule has 1 amide bonds. The van der Waals surface area contributed by atoms with Crippen LogP contribution in [0.25, 0.3) is 0 Å². The number of ether oxygens (including phenoxy) is 2. The van der Waals surface area contributed by atoms with Gasteiger partial charge in [0.15, 0.2) is 11.5 Å². The predicted molar refractivity (Wildman–Crippen MR) is 124 cm³/mol. The van der Waals surface area contributed by atoms with E-state index in [1.54, 1.807) is 36.4 Å². The van der Waals surface area contributed by atoms with E-state index in [2.05, 4.69) is 0 Å². The van der Waals surface area contributed by atoms with Crippen LogP contribution in [0.5, 0.6) is 11.5 Å². The Morgan fingerprint density at radius 2 is 1.59 bits per heavy atom. The van der Waals surface area contributed by atoms with Crippen molar-refractivity contribution in [2.24, 2.45) is 0 Å². The number of rotatable bonds is 4. The van der Waals surface area contributed by atoms with Crippen LogP contribution >= 0.6 is 23.2 Å². The van der Waals surface area contributed by atoms with E-state index in [1.165, 1.54) is 25.2 Å². The summed E-state index contributed by atoms with van der Waals surface area (Å²) in [6, 6.07) is 12.3. The van der Waals surface area contributed by atoms with Gasteiger partial charge in [0.25, 0.3) is 5.91 Å². The molecule has 4 rings (SSSR count). The summed E-state index contributed by atoms with van der Waals surface area (Å²) in [5.41, 5.74) is 1.08. The fourth-order valence-electron chi connectivity index (χ4n) is 4.25. The van der Waals surface area contributed by atoms with Gasteiger partial charge in [-0.1, -0.05) is 41.4 Å². The average Bonchev–Trinajstić information content (AvgIpc) is 2.81. The topological polar surface area (TPSA) is 38.8 Å². The second-order valence-corrected chi connectivity index (χ2v) is 8.59. The zero-order chi connectivity index (χ0) is 24.6. The lowest BCUT2D eigenvalue weighted by Gasteiger charge is -2.38. The first-order valence-electron chi connectivity index (χ1n) is 10.3. The van der Waals surface area contributed by atoms with Crippen molar-refractivity contribution in [3.8, 4) is 11.5 Å². The van der Waals surface area contributed by atoms with Crippen molar-refractivity contribution in [3.05, 3.63) is 92.5 Å². The Kier molecular flexibility index (Phi) is 6.69. The summed E-state index contributed by atoms with van der Waals surface area (Å²) >= 11 is 12.6. The smallest absolute Gasteiger partial charge is 0.416 e. The number of hydrogen-bond acceptors (Lipinski definition) is 3. The van der Waals surface area contributed by atoms with E-state index >= 15 is 0 Å². The maximum atomic E-state index is 13.7. The highest BCUT2D eigenvalue weighted by Crippen LogP contribution is 2.43. The molecule has 178 valence electrons. The van der Waals surface area contributed by atoms with Crippen LogP contribution in [0.3, 0.4) is 0 Å². The SMILES string of the molecule is COc1cc2c(cc1OC)C(c1cccc(C(F)(F)F)c1)N(C(=O)c1c(Cl)cccc1Cl)CC2. The molecule has 0 spiro atoms. The maximum absolute atomic E-state index is 13.7. The third-order valence-electron chi connectivity index (χ3n) is 5.84. The number of hydrogen-bond donors (Lipinski definition) is 0. The number of fused-ring (bicyclic) bond motifs is 1. The Balaban J connectivity index is 1.92. The van der Waals surface area contributed by atoms with E-state index in [4.69, 9.17) is 32.7 Å². The minimum absolute atomic E-state index is 0.103. The summed E-state index contributed by atoms with van der Waals surface area (Å²) in [6.45, 7) is 0.240. The molecule has 1 aliphatic rings. The highest BCUT2D eigenvalue weighted by Gasteiger charge is 2.37. The molecule has 0 saturated heterocycles. The van der Waals surface area contributed by atoms with Crippen LogP contribution in [0.2, 0.25) is 10.0 Å². The summed E-state index contributed by atoms with van der Waals surface area (Å²) in [7, 11) is 2.98. The second-order valence-electron chi connectivity index (χ2n) is 7.78. The largest absolute Gasteiger partial charge is 0.493 e. The molecule has 1 atom stereocenters. The van der Waals surface area contributed by atoms with Gasteiger partial charge in [0.05, 0.1) is 41.4 Å². The van der Waals surface area contributed by atoms with E-state index in [1.807, 2.05) is 0 Å². The molecule has 3 aromatic carbocycles. The van der Waals surface area contributed by atoms with Crippen LogP contribution in [0.1, 0.15) is 38.7 Å². The number of benzene rings is 3. The van der Waals surface area contributed by atoms with Crippen LogP contribution < -0.4 is 9.47 Å². The highest BCUT2D eigenvalue weighted by molar-refractivity contribution is 6.39. The lowest BCUT2D eigenvalue weighted by atomic mass is 9.86. The molecular weight excluding hydrogens is 490 g/mol. The van der Waals surface area contributed by atoms with Crippen molar-refractivity contribution >= 4 is 29.1 Å². The van der Waals surface area contributed by atoms with Crippen molar-refractivity contribution in [1.82, 2.24) is 4.90 Å². The van der Waals surface area contributed by atoms with E-state index < -0.39 is 23.7 Å². The molecule has 1 aliphatic heterocycles. The first kappa shape index (κ1) is 24.2. The van der Waals surface area contributed by atoms with Gasteiger partial charge in [0.2, 0.25) is 0 Å². The molecule has 9 heteroatoms. The number of carbonyl (C=O) groups excluding carboxylic acids is 1. The number of nitrogens with zero attached hydrogens (tertiary/aromatic N) is 1. The lowest BCUT2D eigenvalue weighted by Crippen LogP contribution is -2.41. The highest BCUT2D eigenvalue weighted by atomic mass is 35.5. The molecule has 0 saturated carbocycles. The predicted octanol–water partition coefficient (Wildman–Crippen LogP) is 6.82. The molecule has 34 heavy (non-hydrogen) atoms. The quantitative estimate of drug-likeness (QED) is 0.387. The van der Waals surface area contributed by atoms with Gasteiger partial charge < -0.3 is 14.4 Å². The van der Waals surface area contributed by atoms with E-state index in [0.717, 1.165) is 17.7 Å². The third-order valence-corrected chi connectivity index (χ3v) is 6.47. The van der Waals surface area contributed by atoms with Crippen molar-refractivity contribution in [3.63, 3.8) is 0 Å². The van der Waals surface area contributed by atoms with Gasteiger partial charge in [-0.25, -0.2) is 0 Å². The first-order chi connectivity index (χ1) is 16.2. The molecule has 0 aromatic heterocycles. The number of methoxy groups -OCH3 is 2. The number of amides is 1. The Labute approximate surface area is 204 Å². The van der Waals surface area contributed by atoms with Gasteiger partial charge in [-0.2, -0.15) is 13.2 Å². The van der Waals surface area contributed by atoms with Crippen LogP contribution in [-0.2, 0) is 12.6 Å². The Hall–Kier alpha value is -2.90. The van der Waals surface area contributed by atoms with Crippen LogP contribution in [0.4, 0.5) is 13.2 Å². The summed E-state index contributed by atoms with van der Waals surface area (Å²) in [5, 5.41) is 0.330.